The number of anilines is 1. The highest BCUT2D eigenvalue weighted by Crippen LogP contribution is 2.53. The van der Waals surface area contributed by atoms with Gasteiger partial charge in [0, 0.05) is 15.7 Å². The lowest BCUT2D eigenvalue weighted by atomic mass is 9.77. The second-order valence-corrected chi connectivity index (χ2v) is 7.92. The Morgan fingerprint density at radius 1 is 1.07 bits per heavy atom. The van der Waals surface area contributed by atoms with Gasteiger partial charge >= 0.3 is 6.18 Å². The minimum atomic E-state index is -4.57. The number of hydrogen-bond acceptors (Lipinski definition) is 3. The quantitative estimate of drug-likeness (QED) is 0.518. The molecule has 3 heterocycles. The molecule has 0 radical (unpaired) electrons. The number of carbonyl (C=O) groups excluding carboxylic acids is 1. The second kappa shape index (κ2) is 6.13. The number of halogens is 4. The third kappa shape index (κ3) is 2.62. The maximum Gasteiger partial charge on any atom is 0.449 e. The number of hydrogen-bond donors (Lipinski definition) is 0. The maximum atomic E-state index is 13.6. The summed E-state index contributed by atoms with van der Waals surface area (Å²) < 4.78 is 50.3. The van der Waals surface area contributed by atoms with Crippen molar-refractivity contribution in [3.05, 3.63) is 81.7 Å². The third-order valence-electron chi connectivity index (χ3n) is 5.37. The molecule has 8 heteroatoms. The number of carbonyl (C=O) groups is 1. The Morgan fingerprint density at radius 3 is 2.62 bits per heavy atom. The van der Waals surface area contributed by atoms with Crippen LogP contribution in [0.15, 0.2) is 63.5 Å². The van der Waals surface area contributed by atoms with Crippen LogP contribution < -0.4 is 9.64 Å². The number of benzene rings is 2. The monoisotopic (exact) mass is 463 g/mol. The summed E-state index contributed by atoms with van der Waals surface area (Å²) in [6.45, 7) is 0.0383. The molecule has 2 aliphatic heterocycles. The molecule has 148 valence electrons. The fourth-order valence-corrected chi connectivity index (χ4v) is 4.42. The van der Waals surface area contributed by atoms with Gasteiger partial charge in [-0.3, -0.25) is 4.79 Å². The first-order valence-electron chi connectivity index (χ1n) is 8.81. The standard InChI is InChI=1S/C21H13BrF3NO3/c22-12-5-7-15-17(9-12)28-11-20(15)14-3-1-2-4-16(14)26(19(20)27)10-13-6-8-18(29-13)21(23,24)25/h1-9H,10-11H2. The topological polar surface area (TPSA) is 42.7 Å². The number of rotatable bonds is 2. The number of ether oxygens (including phenoxy) is 1. The van der Waals surface area contributed by atoms with Gasteiger partial charge in [-0.2, -0.15) is 13.2 Å². The highest BCUT2D eigenvalue weighted by molar-refractivity contribution is 9.10. The third-order valence-corrected chi connectivity index (χ3v) is 5.86. The summed E-state index contributed by atoms with van der Waals surface area (Å²) in [7, 11) is 0. The van der Waals surface area contributed by atoms with Gasteiger partial charge in [0.2, 0.25) is 11.7 Å². The molecule has 1 unspecified atom stereocenters. The van der Waals surface area contributed by atoms with Gasteiger partial charge in [-0.05, 0) is 35.9 Å². The van der Waals surface area contributed by atoms with Crippen LogP contribution in [0.25, 0.3) is 0 Å². The van der Waals surface area contributed by atoms with E-state index in [0.717, 1.165) is 21.7 Å². The second-order valence-electron chi connectivity index (χ2n) is 7.01. The van der Waals surface area contributed by atoms with E-state index in [9.17, 15) is 18.0 Å². The first-order valence-corrected chi connectivity index (χ1v) is 9.60. The number of nitrogens with zero attached hydrogens (tertiary/aromatic N) is 1. The molecule has 2 aliphatic rings. The molecule has 0 saturated carbocycles. The molecular formula is C21H13BrF3NO3. The fourth-order valence-electron chi connectivity index (χ4n) is 4.08. The lowest BCUT2D eigenvalue weighted by Gasteiger charge is -2.22. The molecule has 2 aromatic carbocycles. The summed E-state index contributed by atoms with van der Waals surface area (Å²) in [5, 5.41) is 0. The number of para-hydroxylation sites is 1. The molecule has 1 amide bonds. The van der Waals surface area contributed by atoms with Crippen LogP contribution in [-0.4, -0.2) is 12.5 Å². The highest BCUT2D eigenvalue weighted by Gasteiger charge is 2.56. The summed E-state index contributed by atoms with van der Waals surface area (Å²) in [4.78, 5) is 15.1. The van der Waals surface area contributed by atoms with E-state index >= 15 is 0 Å². The predicted molar refractivity (Wildman–Crippen MR) is 102 cm³/mol. The molecule has 0 N–H and O–H groups in total. The van der Waals surface area contributed by atoms with Crippen molar-refractivity contribution in [1.29, 1.82) is 0 Å². The maximum absolute atomic E-state index is 13.6. The largest absolute Gasteiger partial charge is 0.491 e. The molecule has 29 heavy (non-hydrogen) atoms. The number of alkyl halides is 3. The molecule has 0 saturated heterocycles. The van der Waals surface area contributed by atoms with E-state index in [1.54, 1.807) is 12.1 Å². The van der Waals surface area contributed by atoms with Crippen molar-refractivity contribution in [3.63, 3.8) is 0 Å². The zero-order valence-electron chi connectivity index (χ0n) is 14.8. The van der Waals surface area contributed by atoms with Crippen molar-refractivity contribution >= 4 is 27.5 Å². The summed E-state index contributed by atoms with van der Waals surface area (Å²) in [6.07, 6.45) is -4.57. The summed E-state index contributed by atoms with van der Waals surface area (Å²) in [5.41, 5.74) is 1.14. The Labute approximate surface area is 172 Å². The van der Waals surface area contributed by atoms with Gasteiger partial charge in [0.1, 0.15) is 23.5 Å². The molecular weight excluding hydrogens is 451 g/mol. The van der Waals surface area contributed by atoms with E-state index in [-0.39, 0.29) is 24.8 Å². The van der Waals surface area contributed by atoms with E-state index in [4.69, 9.17) is 9.15 Å². The molecule has 0 bridgehead atoms. The van der Waals surface area contributed by atoms with Gasteiger partial charge in [0.05, 0.1) is 6.54 Å². The number of furan rings is 1. The first kappa shape index (κ1) is 18.3. The van der Waals surface area contributed by atoms with Crippen molar-refractivity contribution < 1.29 is 27.1 Å². The van der Waals surface area contributed by atoms with Gasteiger partial charge in [0.25, 0.3) is 0 Å². The Kier molecular flexibility index (Phi) is 3.87. The SMILES string of the molecule is O=C1N(Cc2ccc(C(F)(F)F)o2)c2ccccc2C12COc1cc(Br)ccc12. The van der Waals surface area contributed by atoms with Gasteiger partial charge in [-0.15, -0.1) is 0 Å². The van der Waals surface area contributed by atoms with Crippen LogP contribution in [0.4, 0.5) is 18.9 Å². The van der Waals surface area contributed by atoms with E-state index in [1.807, 2.05) is 30.3 Å². The van der Waals surface area contributed by atoms with E-state index in [1.165, 1.54) is 11.0 Å². The lowest BCUT2D eigenvalue weighted by Crippen LogP contribution is -2.42. The Balaban J connectivity index is 1.59. The molecule has 1 spiro atoms. The minimum Gasteiger partial charge on any atom is -0.491 e. The fraction of sp³-hybridized carbons (Fsp3) is 0.190. The van der Waals surface area contributed by atoms with Crippen molar-refractivity contribution in [2.75, 3.05) is 11.5 Å². The van der Waals surface area contributed by atoms with Crippen LogP contribution >= 0.6 is 15.9 Å². The predicted octanol–water partition coefficient (Wildman–Crippen LogP) is 5.29. The Bertz CT molecular complexity index is 1140. The molecule has 3 aromatic rings. The highest BCUT2D eigenvalue weighted by atomic mass is 79.9. The van der Waals surface area contributed by atoms with Gasteiger partial charge in [-0.25, -0.2) is 0 Å². The summed E-state index contributed by atoms with van der Waals surface area (Å²) in [6, 6.07) is 14.9. The van der Waals surface area contributed by atoms with E-state index in [2.05, 4.69) is 15.9 Å². The zero-order valence-corrected chi connectivity index (χ0v) is 16.4. The Morgan fingerprint density at radius 2 is 1.86 bits per heavy atom. The molecule has 1 aromatic heterocycles. The van der Waals surface area contributed by atoms with Crippen LogP contribution in [-0.2, 0) is 22.9 Å². The summed E-state index contributed by atoms with van der Waals surface area (Å²) >= 11 is 3.40. The van der Waals surface area contributed by atoms with Crippen molar-refractivity contribution in [2.45, 2.75) is 18.1 Å². The Hall–Kier alpha value is -2.74. The summed E-state index contributed by atoms with van der Waals surface area (Å²) in [5.74, 6) is -0.652. The van der Waals surface area contributed by atoms with Crippen LogP contribution in [0.5, 0.6) is 5.75 Å². The van der Waals surface area contributed by atoms with Crippen molar-refractivity contribution in [3.8, 4) is 5.75 Å². The van der Waals surface area contributed by atoms with Crippen LogP contribution in [0.3, 0.4) is 0 Å². The molecule has 5 rings (SSSR count). The minimum absolute atomic E-state index is 0.0625. The molecule has 0 aliphatic carbocycles. The molecule has 0 fully saturated rings. The van der Waals surface area contributed by atoms with Crippen LogP contribution in [0, 0.1) is 0 Å². The average Bonchev–Trinajstić information content (AvgIpc) is 3.35. The average molecular weight is 464 g/mol. The van der Waals surface area contributed by atoms with E-state index < -0.39 is 17.4 Å². The molecule has 4 nitrogen and oxygen atoms in total. The smallest absolute Gasteiger partial charge is 0.449 e. The van der Waals surface area contributed by atoms with Crippen LogP contribution in [0.1, 0.15) is 22.6 Å². The van der Waals surface area contributed by atoms with Crippen molar-refractivity contribution in [2.24, 2.45) is 0 Å². The van der Waals surface area contributed by atoms with Gasteiger partial charge < -0.3 is 14.1 Å². The van der Waals surface area contributed by atoms with Gasteiger partial charge in [0.15, 0.2) is 0 Å². The van der Waals surface area contributed by atoms with Crippen LogP contribution in [0.2, 0.25) is 0 Å². The normalized spacial score (nSPS) is 20.1. The lowest BCUT2D eigenvalue weighted by molar-refractivity contribution is -0.153. The van der Waals surface area contributed by atoms with Crippen molar-refractivity contribution in [1.82, 2.24) is 0 Å². The van der Waals surface area contributed by atoms with E-state index in [0.29, 0.717) is 11.4 Å². The van der Waals surface area contributed by atoms with Gasteiger partial charge in [-0.1, -0.05) is 40.2 Å². The first-order chi connectivity index (χ1) is 13.8. The number of amides is 1. The molecule has 1 atom stereocenters. The zero-order chi connectivity index (χ0) is 20.4. The number of fused-ring (bicyclic) bond motifs is 4.